The van der Waals surface area contributed by atoms with Crippen molar-refractivity contribution in [2.75, 3.05) is 7.05 Å². The summed E-state index contributed by atoms with van der Waals surface area (Å²) in [6.45, 7) is 2.02. The summed E-state index contributed by atoms with van der Waals surface area (Å²) in [6, 6.07) is 16.6. The van der Waals surface area contributed by atoms with Crippen LogP contribution in [-0.2, 0) is 4.79 Å². The fourth-order valence-corrected chi connectivity index (χ4v) is 4.80. The number of likely N-dealkylation sites (N-methyl/N-ethyl adjacent to an activating group) is 1. The maximum absolute atomic E-state index is 12.6. The van der Waals surface area contributed by atoms with Crippen LogP contribution in [0.3, 0.4) is 0 Å². The molecule has 1 aromatic heterocycles. The highest BCUT2D eigenvalue weighted by Crippen LogP contribution is 2.35. The molecule has 0 atom stereocenters. The van der Waals surface area contributed by atoms with Crippen molar-refractivity contribution in [3.8, 4) is 11.1 Å². The molecule has 5 nitrogen and oxygen atoms in total. The molecule has 2 aromatic carbocycles. The number of carbonyl (C=O) groups is 2. The number of aliphatic imine (C=N–C) groups is 1. The number of aromatic carboxylic acids is 1. The second-order valence-electron chi connectivity index (χ2n) is 6.83. The quantitative estimate of drug-likeness (QED) is 0.538. The number of hydrogen-bond acceptors (Lipinski definition) is 5. The van der Waals surface area contributed by atoms with Gasteiger partial charge in [0.2, 0.25) is 0 Å². The van der Waals surface area contributed by atoms with Gasteiger partial charge in [-0.25, -0.2) is 9.79 Å². The van der Waals surface area contributed by atoms with Gasteiger partial charge in [0, 0.05) is 11.9 Å². The minimum absolute atomic E-state index is 0.0772. The molecule has 7 heteroatoms. The van der Waals surface area contributed by atoms with Crippen molar-refractivity contribution in [1.82, 2.24) is 4.90 Å². The summed E-state index contributed by atoms with van der Waals surface area (Å²) in [4.78, 5) is 31.4. The van der Waals surface area contributed by atoms with Crippen LogP contribution in [0.2, 0.25) is 0 Å². The number of nitrogens with zero attached hydrogens (tertiary/aromatic N) is 2. The van der Waals surface area contributed by atoms with Gasteiger partial charge in [-0.05, 0) is 71.6 Å². The number of carboxylic acids is 1. The van der Waals surface area contributed by atoms with Gasteiger partial charge >= 0.3 is 5.97 Å². The molecule has 0 radical (unpaired) electrons. The minimum atomic E-state index is -0.943. The SMILES string of the molecule is Cc1ccc(N=C2S/C(=C\c3cc(-c4ccc(C(=O)O)cc4)cs3)C(=O)N2C)cc1. The maximum atomic E-state index is 12.6. The van der Waals surface area contributed by atoms with Crippen LogP contribution in [0.4, 0.5) is 5.69 Å². The lowest BCUT2D eigenvalue weighted by Crippen LogP contribution is -2.23. The van der Waals surface area contributed by atoms with E-state index in [1.165, 1.54) is 23.1 Å². The Balaban J connectivity index is 1.55. The van der Waals surface area contributed by atoms with Crippen LogP contribution in [0.1, 0.15) is 20.8 Å². The Morgan fingerprint density at radius 2 is 1.77 bits per heavy atom. The summed E-state index contributed by atoms with van der Waals surface area (Å²) in [5, 5.41) is 11.7. The fourth-order valence-electron chi connectivity index (χ4n) is 2.90. The molecule has 1 saturated heterocycles. The molecule has 1 amide bonds. The molecule has 3 aromatic rings. The third-order valence-electron chi connectivity index (χ3n) is 4.62. The van der Waals surface area contributed by atoms with Crippen LogP contribution in [0.15, 0.2) is 69.9 Å². The molecule has 0 aliphatic carbocycles. The summed E-state index contributed by atoms with van der Waals surface area (Å²) < 4.78 is 0. The average Bonchev–Trinajstić information content (AvgIpc) is 3.31. The maximum Gasteiger partial charge on any atom is 0.335 e. The van der Waals surface area contributed by atoms with Gasteiger partial charge < -0.3 is 5.11 Å². The number of carboxylic acid groups (broad SMARTS) is 1. The smallest absolute Gasteiger partial charge is 0.335 e. The lowest BCUT2D eigenvalue weighted by Gasteiger charge is -2.07. The molecule has 1 aliphatic rings. The number of amides is 1. The average molecular weight is 435 g/mol. The summed E-state index contributed by atoms with van der Waals surface area (Å²) >= 11 is 2.90. The van der Waals surface area contributed by atoms with Crippen molar-refractivity contribution in [1.29, 1.82) is 0 Å². The van der Waals surface area contributed by atoms with Crippen molar-refractivity contribution in [3.05, 3.63) is 80.9 Å². The van der Waals surface area contributed by atoms with E-state index in [2.05, 4.69) is 4.99 Å². The molecule has 0 bridgehead atoms. The lowest BCUT2D eigenvalue weighted by atomic mass is 10.1. The number of thioether (sulfide) groups is 1. The zero-order valence-corrected chi connectivity index (χ0v) is 18.0. The van der Waals surface area contributed by atoms with E-state index in [1.54, 1.807) is 36.2 Å². The number of thiophene rings is 1. The van der Waals surface area contributed by atoms with E-state index >= 15 is 0 Å². The molecule has 4 rings (SSSR count). The van der Waals surface area contributed by atoms with E-state index in [0.717, 1.165) is 27.3 Å². The number of rotatable bonds is 4. The summed E-state index contributed by atoms with van der Waals surface area (Å²) in [7, 11) is 1.73. The molecule has 0 saturated carbocycles. The van der Waals surface area contributed by atoms with Gasteiger partial charge in [-0.3, -0.25) is 9.69 Å². The van der Waals surface area contributed by atoms with Crippen molar-refractivity contribution >= 4 is 51.9 Å². The molecule has 30 heavy (non-hydrogen) atoms. The van der Waals surface area contributed by atoms with Crippen LogP contribution in [0, 0.1) is 6.92 Å². The molecule has 150 valence electrons. The van der Waals surface area contributed by atoms with E-state index in [-0.39, 0.29) is 11.5 Å². The monoisotopic (exact) mass is 434 g/mol. The number of amidine groups is 1. The summed E-state index contributed by atoms with van der Waals surface area (Å²) in [5.41, 5.74) is 4.15. The predicted octanol–water partition coefficient (Wildman–Crippen LogP) is 5.66. The molecular weight excluding hydrogens is 416 g/mol. The molecule has 1 fully saturated rings. The third-order valence-corrected chi connectivity index (χ3v) is 6.56. The molecule has 2 heterocycles. The van der Waals surface area contributed by atoms with Crippen molar-refractivity contribution < 1.29 is 14.7 Å². The Hall–Kier alpha value is -3.16. The molecule has 0 unspecified atom stereocenters. The first-order valence-electron chi connectivity index (χ1n) is 9.16. The fraction of sp³-hybridized carbons (Fsp3) is 0.0870. The standard InChI is InChI=1S/C23H18N2O3S2/c1-14-3-9-18(10-4-14)24-23-25(2)21(26)20(30-23)12-19-11-17(13-29-19)15-5-7-16(8-6-15)22(27)28/h3-13H,1-2H3,(H,27,28)/b20-12-,24-23?. The zero-order valence-electron chi connectivity index (χ0n) is 16.3. The summed E-state index contributed by atoms with van der Waals surface area (Å²) in [5.74, 6) is -1.02. The largest absolute Gasteiger partial charge is 0.478 e. The number of aryl methyl sites for hydroxylation is 1. The first-order chi connectivity index (χ1) is 14.4. The van der Waals surface area contributed by atoms with Crippen molar-refractivity contribution in [3.63, 3.8) is 0 Å². The topological polar surface area (TPSA) is 70.0 Å². The first-order valence-corrected chi connectivity index (χ1v) is 10.9. The van der Waals surface area contributed by atoms with Gasteiger partial charge in [0.05, 0.1) is 16.2 Å². The van der Waals surface area contributed by atoms with Gasteiger partial charge in [-0.15, -0.1) is 11.3 Å². The van der Waals surface area contributed by atoms with Crippen LogP contribution >= 0.6 is 23.1 Å². The highest BCUT2D eigenvalue weighted by molar-refractivity contribution is 8.18. The van der Waals surface area contributed by atoms with Gasteiger partial charge in [0.25, 0.3) is 5.91 Å². The number of hydrogen-bond donors (Lipinski definition) is 1. The second-order valence-corrected chi connectivity index (χ2v) is 8.78. The van der Waals surface area contributed by atoms with E-state index in [1.807, 2.05) is 48.7 Å². The Bertz CT molecular complexity index is 1180. The van der Waals surface area contributed by atoms with Crippen molar-refractivity contribution in [2.24, 2.45) is 4.99 Å². The molecular formula is C23H18N2O3S2. The van der Waals surface area contributed by atoms with Crippen LogP contribution in [0.25, 0.3) is 17.2 Å². The Morgan fingerprint density at radius 1 is 1.07 bits per heavy atom. The normalized spacial score (nSPS) is 16.6. The zero-order chi connectivity index (χ0) is 21.3. The van der Waals surface area contributed by atoms with Gasteiger partial charge in [0.15, 0.2) is 5.17 Å². The van der Waals surface area contributed by atoms with Gasteiger partial charge in [-0.1, -0.05) is 29.8 Å². The number of carbonyl (C=O) groups excluding carboxylic acids is 1. The Morgan fingerprint density at radius 3 is 2.43 bits per heavy atom. The Labute approximate surface area is 182 Å². The van der Waals surface area contributed by atoms with Crippen molar-refractivity contribution in [2.45, 2.75) is 6.92 Å². The highest BCUT2D eigenvalue weighted by Gasteiger charge is 2.30. The van der Waals surface area contributed by atoms with E-state index < -0.39 is 5.97 Å². The van der Waals surface area contributed by atoms with Crippen LogP contribution in [-0.4, -0.2) is 34.1 Å². The van der Waals surface area contributed by atoms with Gasteiger partial charge in [0.1, 0.15) is 0 Å². The number of benzene rings is 2. The molecule has 1 aliphatic heterocycles. The van der Waals surface area contributed by atoms with Crippen LogP contribution < -0.4 is 0 Å². The summed E-state index contributed by atoms with van der Waals surface area (Å²) in [6.07, 6.45) is 1.88. The minimum Gasteiger partial charge on any atom is -0.478 e. The Kier molecular flexibility index (Phi) is 5.57. The van der Waals surface area contributed by atoms with E-state index in [4.69, 9.17) is 5.11 Å². The second kappa shape index (κ2) is 8.30. The van der Waals surface area contributed by atoms with Crippen LogP contribution in [0.5, 0.6) is 0 Å². The highest BCUT2D eigenvalue weighted by atomic mass is 32.2. The third kappa shape index (κ3) is 4.22. The van der Waals surface area contributed by atoms with E-state index in [9.17, 15) is 9.59 Å². The predicted molar refractivity (Wildman–Crippen MR) is 123 cm³/mol. The van der Waals surface area contributed by atoms with E-state index in [0.29, 0.717) is 10.1 Å². The molecule has 0 spiro atoms. The lowest BCUT2D eigenvalue weighted by molar-refractivity contribution is -0.121. The first kappa shape index (κ1) is 20.1. The molecule has 1 N–H and O–H groups in total. The van der Waals surface area contributed by atoms with Gasteiger partial charge in [-0.2, -0.15) is 0 Å².